The van der Waals surface area contributed by atoms with E-state index in [2.05, 4.69) is 0 Å². The van der Waals surface area contributed by atoms with E-state index in [1.54, 1.807) is 11.8 Å². The van der Waals surface area contributed by atoms with E-state index in [1.807, 2.05) is 37.3 Å². The molecular weight excluding hydrogens is 236 g/mol. The molecule has 2 atom stereocenters. The minimum atomic E-state index is -0.792. The molecule has 0 aromatic heterocycles. The first kappa shape index (κ1) is 14.1. The highest BCUT2D eigenvalue weighted by Gasteiger charge is 2.20. The normalized spacial score (nSPS) is 14.2. The molecule has 0 aliphatic rings. The van der Waals surface area contributed by atoms with Crippen LogP contribution in [-0.2, 0) is 4.79 Å². The summed E-state index contributed by atoms with van der Waals surface area (Å²) in [5, 5.41) is 18.3. The Labute approximate surface area is 106 Å². The summed E-state index contributed by atoms with van der Waals surface area (Å²) in [5.74, 6) is -0.720. The lowest BCUT2D eigenvalue weighted by molar-refractivity contribution is -0.138. The molecule has 2 N–H and O–H groups in total. The van der Waals surface area contributed by atoms with Crippen LogP contribution in [0.15, 0.2) is 30.3 Å². The van der Waals surface area contributed by atoms with Crippen LogP contribution < -0.4 is 0 Å². The maximum absolute atomic E-state index is 11.2. The molecule has 2 unspecified atom stereocenters. The quantitative estimate of drug-likeness (QED) is 0.784. The van der Waals surface area contributed by atoms with Gasteiger partial charge in [-0.3, -0.25) is 4.79 Å². The third kappa shape index (κ3) is 4.79. The van der Waals surface area contributed by atoms with Crippen molar-refractivity contribution < 1.29 is 15.0 Å². The van der Waals surface area contributed by atoms with Gasteiger partial charge in [0.2, 0.25) is 0 Å². The fourth-order valence-corrected chi connectivity index (χ4v) is 2.65. The van der Waals surface area contributed by atoms with E-state index in [0.717, 1.165) is 5.56 Å². The van der Waals surface area contributed by atoms with Gasteiger partial charge in [-0.1, -0.05) is 37.3 Å². The van der Waals surface area contributed by atoms with Gasteiger partial charge in [0.05, 0.1) is 5.92 Å². The zero-order valence-corrected chi connectivity index (χ0v) is 10.7. The topological polar surface area (TPSA) is 57.5 Å². The number of hydrogen-bond acceptors (Lipinski definition) is 3. The van der Waals surface area contributed by atoms with E-state index in [-0.39, 0.29) is 11.9 Å². The minimum absolute atomic E-state index is 0.150. The molecule has 1 rings (SSSR count). The molecule has 0 heterocycles. The second kappa shape index (κ2) is 7.35. The number of carboxylic acid groups (broad SMARTS) is 1. The van der Waals surface area contributed by atoms with E-state index in [1.165, 1.54) is 0 Å². The smallest absolute Gasteiger partial charge is 0.311 e. The Kier molecular flexibility index (Phi) is 6.08. The number of aliphatic hydroxyl groups is 1. The van der Waals surface area contributed by atoms with Gasteiger partial charge >= 0.3 is 5.97 Å². The molecule has 0 aliphatic carbocycles. The molecule has 0 aliphatic heterocycles. The molecule has 0 radical (unpaired) electrons. The predicted octanol–water partition coefficient (Wildman–Crippen LogP) is 2.36. The Morgan fingerprint density at radius 2 is 2.00 bits per heavy atom. The summed E-state index contributed by atoms with van der Waals surface area (Å²) in [6.07, 6.45) is 0.700. The van der Waals surface area contributed by atoms with Gasteiger partial charge in [-0.05, 0) is 12.0 Å². The Balaban J connectivity index is 2.59. The van der Waals surface area contributed by atoms with Crippen LogP contribution in [-0.4, -0.2) is 33.8 Å². The highest BCUT2D eigenvalue weighted by Crippen LogP contribution is 2.24. The van der Waals surface area contributed by atoms with Crippen molar-refractivity contribution in [3.63, 3.8) is 0 Å². The molecule has 1 aromatic carbocycles. The lowest BCUT2D eigenvalue weighted by atomic mass is 10.0. The highest BCUT2D eigenvalue weighted by atomic mass is 32.2. The largest absolute Gasteiger partial charge is 0.481 e. The summed E-state index contributed by atoms with van der Waals surface area (Å²) < 4.78 is 0. The van der Waals surface area contributed by atoms with Crippen molar-refractivity contribution in [3.05, 3.63) is 35.9 Å². The van der Waals surface area contributed by atoms with Crippen molar-refractivity contribution in [1.82, 2.24) is 0 Å². The Morgan fingerprint density at radius 3 is 2.53 bits per heavy atom. The fraction of sp³-hybridized carbons (Fsp3) is 0.462. The van der Waals surface area contributed by atoms with E-state index in [4.69, 9.17) is 5.11 Å². The van der Waals surface area contributed by atoms with Crippen molar-refractivity contribution in [2.75, 3.05) is 12.4 Å². The van der Waals surface area contributed by atoms with Gasteiger partial charge in [-0.15, -0.1) is 0 Å². The maximum atomic E-state index is 11.2. The van der Waals surface area contributed by atoms with Crippen molar-refractivity contribution in [3.8, 4) is 0 Å². The molecule has 0 fully saturated rings. The number of hydrogen-bond donors (Lipinski definition) is 2. The van der Waals surface area contributed by atoms with Crippen LogP contribution in [0.1, 0.15) is 24.8 Å². The Hall–Kier alpha value is -1.00. The molecule has 0 amide bonds. The van der Waals surface area contributed by atoms with E-state index in [0.29, 0.717) is 12.2 Å². The van der Waals surface area contributed by atoms with Gasteiger partial charge in [0.15, 0.2) is 0 Å². The van der Waals surface area contributed by atoms with Gasteiger partial charge in [0, 0.05) is 17.6 Å². The molecule has 17 heavy (non-hydrogen) atoms. The molecule has 0 bridgehead atoms. The predicted molar refractivity (Wildman–Crippen MR) is 70.4 cm³/mol. The molecule has 0 spiro atoms. The van der Waals surface area contributed by atoms with Crippen LogP contribution in [0.2, 0.25) is 0 Å². The molecule has 1 aromatic rings. The van der Waals surface area contributed by atoms with E-state index < -0.39 is 11.9 Å². The number of aliphatic hydroxyl groups excluding tert-OH is 1. The van der Waals surface area contributed by atoms with E-state index in [9.17, 15) is 9.90 Å². The van der Waals surface area contributed by atoms with Crippen molar-refractivity contribution >= 4 is 17.7 Å². The standard InChI is InChI=1S/C13H18O3S/c1-10(7-8-14)17-9-12(13(15)16)11-5-3-2-4-6-11/h2-6,10,12,14H,7-9H2,1H3,(H,15,16). The molecule has 94 valence electrons. The average Bonchev–Trinajstić information content (AvgIpc) is 2.30. The van der Waals surface area contributed by atoms with Crippen molar-refractivity contribution in [2.24, 2.45) is 0 Å². The van der Waals surface area contributed by atoms with Crippen LogP contribution in [0, 0.1) is 0 Å². The SMILES string of the molecule is CC(CCO)SCC(C(=O)O)c1ccccc1. The second-order valence-electron chi connectivity index (χ2n) is 3.96. The number of carbonyl (C=O) groups is 1. The van der Waals surface area contributed by atoms with Crippen molar-refractivity contribution in [1.29, 1.82) is 0 Å². The van der Waals surface area contributed by atoms with Gasteiger partial charge < -0.3 is 10.2 Å². The summed E-state index contributed by atoms with van der Waals surface area (Å²) >= 11 is 1.59. The Morgan fingerprint density at radius 1 is 1.35 bits per heavy atom. The maximum Gasteiger partial charge on any atom is 0.311 e. The van der Waals surface area contributed by atoms with Crippen LogP contribution in [0.25, 0.3) is 0 Å². The minimum Gasteiger partial charge on any atom is -0.481 e. The summed E-state index contributed by atoms with van der Waals surface area (Å²) in [6.45, 7) is 2.15. The molecule has 4 heteroatoms. The monoisotopic (exact) mass is 254 g/mol. The van der Waals surface area contributed by atoms with Crippen molar-refractivity contribution in [2.45, 2.75) is 24.5 Å². The average molecular weight is 254 g/mol. The van der Waals surface area contributed by atoms with Gasteiger partial charge in [0.1, 0.15) is 0 Å². The first-order valence-corrected chi connectivity index (χ1v) is 6.70. The number of thioether (sulfide) groups is 1. The van der Waals surface area contributed by atoms with Crippen LogP contribution >= 0.6 is 11.8 Å². The van der Waals surface area contributed by atoms with Crippen LogP contribution in [0.5, 0.6) is 0 Å². The molecule has 0 saturated carbocycles. The fourth-order valence-electron chi connectivity index (χ4n) is 1.52. The van der Waals surface area contributed by atoms with E-state index >= 15 is 0 Å². The Bertz CT molecular complexity index is 340. The molecule has 0 saturated heterocycles. The number of carboxylic acids is 1. The third-order valence-electron chi connectivity index (χ3n) is 2.58. The van der Waals surface area contributed by atoms with Gasteiger partial charge in [-0.25, -0.2) is 0 Å². The summed E-state index contributed by atoms with van der Waals surface area (Å²) in [7, 11) is 0. The zero-order valence-electron chi connectivity index (χ0n) is 9.87. The molecule has 3 nitrogen and oxygen atoms in total. The van der Waals surface area contributed by atoms with Gasteiger partial charge in [-0.2, -0.15) is 11.8 Å². The number of rotatable bonds is 7. The van der Waals surface area contributed by atoms with Gasteiger partial charge in [0.25, 0.3) is 0 Å². The first-order chi connectivity index (χ1) is 8.15. The number of aliphatic carboxylic acids is 1. The lowest BCUT2D eigenvalue weighted by Gasteiger charge is -2.15. The lowest BCUT2D eigenvalue weighted by Crippen LogP contribution is -2.16. The molecular formula is C13H18O3S. The van der Waals surface area contributed by atoms with Crippen LogP contribution in [0.3, 0.4) is 0 Å². The first-order valence-electron chi connectivity index (χ1n) is 5.65. The zero-order chi connectivity index (χ0) is 12.7. The summed E-state index contributed by atoms with van der Waals surface area (Å²) in [4.78, 5) is 11.2. The van der Waals surface area contributed by atoms with Crippen LogP contribution in [0.4, 0.5) is 0 Å². The highest BCUT2D eigenvalue weighted by molar-refractivity contribution is 7.99. The second-order valence-corrected chi connectivity index (χ2v) is 5.43. The summed E-state index contributed by atoms with van der Waals surface area (Å²) in [5.41, 5.74) is 0.837. The summed E-state index contributed by atoms with van der Waals surface area (Å²) in [6, 6.07) is 9.27. The third-order valence-corrected chi connectivity index (χ3v) is 3.91. The number of benzene rings is 1.